The van der Waals surface area contributed by atoms with Gasteiger partial charge in [0.05, 0.1) is 16.9 Å². The van der Waals surface area contributed by atoms with Crippen molar-refractivity contribution in [1.29, 1.82) is 0 Å². The number of azo groups is 1. The number of rotatable bonds is 0. The van der Waals surface area contributed by atoms with Crippen molar-refractivity contribution in [1.82, 2.24) is 0 Å². The van der Waals surface area contributed by atoms with Crippen LogP contribution in [0.15, 0.2) is 10.2 Å². The van der Waals surface area contributed by atoms with E-state index in [0.717, 1.165) is 6.54 Å². The van der Waals surface area contributed by atoms with Crippen molar-refractivity contribution in [3.8, 4) is 0 Å². The fourth-order valence-electron chi connectivity index (χ4n) is 1.03. The van der Waals surface area contributed by atoms with E-state index in [9.17, 15) is 0 Å². The summed E-state index contributed by atoms with van der Waals surface area (Å²) in [6.45, 7) is 0.889. The molecular formula is C5H7BrN2. The van der Waals surface area contributed by atoms with Crippen molar-refractivity contribution in [2.45, 2.75) is 23.2 Å². The summed E-state index contributed by atoms with van der Waals surface area (Å²) in [5.41, 5.74) is 0.278. The predicted molar refractivity (Wildman–Crippen MR) is 34.4 cm³/mol. The van der Waals surface area contributed by atoms with Crippen molar-refractivity contribution in [3.63, 3.8) is 0 Å². The van der Waals surface area contributed by atoms with Crippen LogP contribution in [0, 0.1) is 0 Å². The summed E-state index contributed by atoms with van der Waals surface area (Å²) >= 11 is 3.53. The molecule has 0 saturated heterocycles. The van der Waals surface area contributed by atoms with Gasteiger partial charge in [-0.3, -0.25) is 0 Å². The van der Waals surface area contributed by atoms with Gasteiger partial charge >= 0.3 is 0 Å². The summed E-state index contributed by atoms with van der Waals surface area (Å²) in [4.78, 5) is 0.551. The minimum Gasteiger partial charge on any atom is -0.192 e. The number of halogens is 1. The van der Waals surface area contributed by atoms with Gasteiger partial charge < -0.3 is 0 Å². The summed E-state index contributed by atoms with van der Waals surface area (Å²) in [6.07, 6.45) is 2.48. The maximum absolute atomic E-state index is 4.14. The van der Waals surface area contributed by atoms with E-state index in [1.807, 2.05) is 0 Å². The molecule has 1 fully saturated rings. The van der Waals surface area contributed by atoms with Crippen molar-refractivity contribution in [2.75, 3.05) is 6.54 Å². The molecule has 8 heavy (non-hydrogen) atoms. The van der Waals surface area contributed by atoms with E-state index in [-0.39, 0.29) is 5.54 Å². The van der Waals surface area contributed by atoms with Crippen molar-refractivity contribution < 1.29 is 0 Å². The third kappa shape index (κ3) is 0.480. The summed E-state index contributed by atoms with van der Waals surface area (Å²) < 4.78 is 0. The largest absolute Gasteiger partial charge is 0.192 e. The van der Waals surface area contributed by atoms with E-state index in [0.29, 0.717) is 4.83 Å². The summed E-state index contributed by atoms with van der Waals surface area (Å²) in [7, 11) is 0. The van der Waals surface area contributed by atoms with E-state index in [1.165, 1.54) is 12.8 Å². The van der Waals surface area contributed by atoms with Crippen LogP contribution in [0.1, 0.15) is 12.8 Å². The highest BCUT2D eigenvalue weighted by molar-refractivity contribution is 9.09. The maximum Gasteiger partial charge on any atom is 0.0960 e. The molecule has 0 amide bonds. The molecule has 1 aliphatic carbocycles. The zero-order valence-electron chi connectivity index (χ0n) is 4.47. The van der Waals surface area contributed by atoms with Gasteiger partial charge in [0.25, 0.3) is 0 Å². The Morgan fingerprint density at radius 2 is 2.25 bits per heavy atom. The molecule has 0 aromatic heterocycles. The Morgan fingerprint density at radius 1 is 1.50 bits per heavy atom. The first-order valence-electron chi connectivity index (χ1n) is 2.86. The van der Waals surface area contributed by atoms with Crippen LogP contribution in [0.5, 0.6) is 0 Å². The molecular weight excluding hydrogens is 168 g/mol. The fraction of sp³-hybridized carbons (Fsp3) is 1.00. The summed E-state index contributed by atoms with van der Waals surface area (Å²) in [5, 5.41) is 8.10. The average Bonchev–Trinajstić information content (AvgIpc) is 2.39. The van der Waals surface area contributed by atoms with Gasteiger partial charge in [-0.25, -0.2) is 0 Å². The molecule has 1 atom stereocenters. The highest BCUT2D eigenvalue weighted by Crippen LogP contribution is 2.49. The average molecular weight is 175 g/mol. The second-order valence-electron chi connectivity index (χ2n) is 2.50. The van der Waals surface area contributed by atoms with Crippen LogP contribution in [0.4, 0.5) is 0 Å². The lowest BCUT2D eigenvalue weighted by Crippen LogP contribution is -2.16. The molecule has 3 heteroatoms. The smallest absolute Gasteiger partial charge is 0.0960 e. The first kappa shape index (κ1) is 4.91. The van der Waals surface area contributed by atoms with Gasteiger partial charge in [0.15, 0.2) is 0 Å². The topological polar surface area (TPSA) is 24.7 Å². The van der Waals surface area contributed by atoms with Gasteiger partial charge in [-0.1, -0.05) is 15.9 Å². The molecule has 1 heterocycles. The highest BCUT2D eigenvalue weighted by atomic mass is 79.9. The minimum atomic E-state index is 0.278. The third-order valence-corrected chi connectivity index (χ3v) is 3.00. The first-order chi connectivity index (χ1) is 3.83. The van der Waals surface area contributed by atoms with Gasteiger partial charge in [0.1, 0.15) is 0 Å². The van der Waals surface area contributed by atoms with Crippen LogP contribution in [0.3, 0.4) is 0 Å². The monoisotopic (exact) mass is 174 g/mol. The summed E-state index contributed by atoms with van der Waals surface area (Å²) in [6, 6.07) is 0. The van der Waals surface area contributed by atoms with Crippen LogP contribution in [-0.2, 0) is 0 Å². The lowest BCUT2D eigenvalue weighted by atomic mass is 10.2. The lowest BCUT2D eigenvalue weighted by Gasteiger charge is -2.03. The van der Waals surface area contributed by atoms with Crippen molar-refractivity contribution >= 4 is 15.9 Å². The molecule has 0 aromatic rings. The molecule has 0 N–H and O–H groups in total. The fourth-order valence-corrected chi connectivity index (χ4v) is 1.71. The predicted octanol–water partition coefficient (Wildman–Crippen LogP) is 1.75. The normalized spacial score (nSPS) is 38.9. The van der Waals surface area contributed by atoms with Gasteiger partial charge in [-0.2, -0.15) is 10.2 Å². The van der Waals surface area contributed by atoms with Crippen LogP contribution in [0.2, 0.25) is 0 Å². The Hall–Kier alpha value is 0.0800. The SMILES string of the molecule is BrC1CN=NC12CC2. The third-order valence-electron chi connectivity index (χ3n) is 1.86. The molecule has 2 rings (SSSR count). The van der Waals surface area contributed by atoms with E-state index < -0.39 is 0 Å². The molecule has 0 radical (unpaired) electrons. The standard InChI is InChI=1S/C5H7BrN2/c6-4-3-7-8-5(4)1-2-5/h4H,1-3H2. The zero-order chi connectivity index (χ0) is 5.61. The summed E-state index contributed by atoms with van der Waals surface area (Å²) in [5.74, 6) is 0. The van der Waals surface area contributed by atoms with Gasteiger partial charge in [0, 0.05) is 0 Å². The molecule has 2 aliphatic rings. The molecule has 44 valence electrons. The lowest BCUT2D eigenvalue weighted by molar-refractivity contribution is 0.715. The van der Waals surface area contributed by atoms with E-state index >= 15 is 0 Å². The Labute approximate surface area is 56.5 Å². The van der Waals surface area contributed by atoms with E-state index in [4.69, 9.17) is 0 Å². The van der Waals surface area contributed by atoms with Crippen LogP contribution in [0.25, 0.3) is 0 Å². The molecule has 0 aromatic carbocycles. The van der Waals surface area contributed by atoms with E-state index in [1.54, 1.807) is 0 Å². The zero-order valence-corrected chi connectivity index (χ0v) is 6.06. The number of nitrogens with zero attached hydrogens (tertiary/aromatic N) is 2. The van der Waals surface area contributed by atoms with Gasteiger partial charge in [-0.15, -0.1) is 0 Å². The second kappa shape index (κ2) is 1.32. The molecule has 1 aliphatic heterocycles. The Morgan fingerprint density at radius 3 is 2.50 bits per heavy atom. The molecule has 0 bridgehead atoms. The number of alkyl halides is 1. The van der Waals surface area contributed by atoms with Gasteiger partial charge in [-0.05, 0) is 12.8 Å². The highest BCUT2D eigenvalue weighted by Gasteiger charge is 2.51. The Balaban J connectivity index is 2.22. The molecule has 1 spiro atoms. The van der Waals surface area contributed by atoms with Crippen molar-refractivity contribution in [2.24, 2.45) is 10.2 Å². The van der Waals surface area contributed by atoms with Crippen LogP contribution in [-0.4, -0.2) is 16.9 Å². The molecule has 1 saturated carbocycles. The van der Waals surface area contributed by atoms with Crippen LogP contribution >= 0.6 is 15.9 Å². The first-order valence-corrected chi connectivity index (χ1v) is 3.78. The van der Waals surface area contributed by atoms with Gasteiger partial charge in [0.2, 0.25) is 0 Å². The number of hydrogen-bond acceptors (Lipinski definition) is 2. The van der Waals surface area contributed by atoms with E-state index in [2.05, 4.69) is 26.2 Å². The Bertz CT molecular complexity index is 139. The maximum atomic E-state index is 4.14. The van der Waals surface area contributed by atoms with Crippen LogP contribution < -0.4 is 0 Å². The van der Waals surface area contributed by atoms with Crippen molar-refractivity contribution in [3.05, 3.63) is 0 Å². The molecule has 1 unspecified atom stereocenters. The minimum absolute atomic E-state index is 0.278. The molecule has 2 nitrogen and oxygen atoms in total. The number of hydrogen-bond donors (Lipinski definition) is 0. The quantitative estimate of drug-likeness (QED) is 0.501. The second-order valence-corrected chi connectivity index (χ2v) is 3.60. The Kier molecular flexibility index (Phi) is 0.811.